The summed E-state index contributed by atoms with van der Waals surface area (Å²) in [5, 5.41) is 0. The first-order valence-electron chi connectivity index (χ1n) is 12.3. The van der Waals surface area contributed by atoms with Crippen molar-refractivity contribution in [1.82, 2.24) is 0 Å². The molecule has 0 unspecified atom stereocenters. The van der Waals surface area contributed by atoms with Crippen LogP contribution in [0.3, 0.4) is 0 Å². The van der Waals surface area contributed by atoms with E-state index in [0.717, 1.165) is 0 Å². The Labute approximate surface area is 219 Å². The maximum atomic E-state index is 12.5. The van der Waals surface area contributed by atoms with E-state index in [-0.39, 0.29) is 54.8 Å². The summed E-state index contributed by atoms with van der Waals surface area (Å²) in [6.07, 6.45) is -1.20. The molecule has 10 nitrogen and oxygen atoms in total. The van der Waals surface area contributed by atoms with Crippen LogP contribution in [-0.4, -0.2) is 49.4 Å². The van der Waals surface area contributed by atoms with E-state index in [9.17, 15) is 19.2 Å². The number of nitrogens with two attached hydrogens (primary N) is 1. The molecule has 0 aliphatic carbocycles. The Morgan fingerprint density at radius 3 is 1.92 bits per heavy atom. The summed E-state index contributed by atoms with van der Waals surface area (Å²) >= 11 is 0. The average Bonchev–Trinajstić information content (AvgIpc) is 2.71. The van der Waals surface area contributed by atoms with Crippen molar-refractivity contribution in [2.75, 3.05) is 13.2 Å². The normalized spacial score (nSPS) is 13.2. The van der Waals surface area contributed by atoms with E-state index in [2.05, 4.69) is 4.74 Å². The van der Waals surface area contributed by atoms with Gasteiger partial charge in [-0.05, 0) is 48.8 Å². The largest absolute Gasteiger partial charge is 0.508 e. The molecule has 0 spiro atoms. The number of ether oxygens (including phenoxy) is 5. The van der Waals surface area contributed by atoms with Crippen molar-refractivity contribution >= 4 is 24.1 Å². The first-order chi connectivity index (χ1) is 17.0. The van der Waals surface area contributed by atoms with Crippen molar-refractivity contribution in [2.45, 2.75) is 86.8 Å². The third-order valence-corrected chi connectivity index (χ3v) is 4.58. The molecule has 0 aromatic heterocycles. The van der Waals surface area contributed by atoms with Gasteiger partial charge in [0, 0.05) is 0 Å². The molecule has 2 N–H and O–H groups in total. The molecule has 208 valence electrons. The van der Waals surface area contributed by atoms with Gasteiger partial charge in [-0.1, -0.05) is 47.6 Å². The van der Waals surface area contributed by atoms with Crippen LogP contribution in [0.25, 0.3) is 0 Å². The van der Waals surface area contributed by atoms with Crippen LogP contribution < -0.4 is 15.2 Å². The zero-order valence-corrected chi connectivity index (χ0v) is 23.2. The lowest BCUT2D eigenvalue weighted by atomic mass is 9.92. The van der Waals surface area contributed by atoms with E-state index >= 15 is 0 Å². The average molecular weight is 524 g/mol. The van der Waals surface area contributed by atoms with Gasteiger partial charge in [-0.2, -0.15) is 0 Å². The summed E-state index contributed by atoms with van der Waals surface area (Å²) < 4.78 is 25.8. The minimum atomic E-state index is -1.04. The Bertz CT molecular complexity index is 944. The molecule has 2 atom stereocenters. The molecule has 1 aromatic rings. The van der Waals surface area contributed by atoms with Crippen LogP contribution in [-0.2, 0) is 35.0 Å². The number of rotatable bonds is 11. The van der Waals surface area contributed by atoms with Crippen LogP contribution in [0.5, 0.6) is 11.5 Å². The first-order valence-corrected chi connectivity index (χ1v) is 12.3. The fourth-order valence-corrected chi connectivity index (χ4v) is 3.02. The molecule has 0 aliphatic heterocycles. The zero-order chi connectivity index (χ0) is 28.4. The van der Waals surface area contributed by atoms with Crippen molar-refractivity contribution < 1.29 is 42.9 Å². The summed E-state index contributed by atoms with van der Waals surface area (Å²) in [5.41, 5.74) is 5.98. The third kappa shape index (κ3) is 13.7. The fourth-order valence-electron chi connectivity index (χ4n) is 3.02. The molecule has 0 amide bonds. The Balaban J connectivity index is 2.94. The van der Waals surface area contributed by atoms with Gasteiger partial charge in [0.15, 0.2) is 11.5 Å². The van der Waals surface area contributed by atoms with Crippen LogP contribution in [0.1, 0.15) is 73.8 Å². The van der Waals surface area contributed by atoms with Crippen LogP contribution in [0.15, 0.2) is 18.2 Å². The van der Waals surface area contributed by atoms with Crippen molar-refractivity contribution in [2.24, 2.45) is 16.6 Å². The number of benzene rings is 1. The monoisotopic (exact) mass is 523 g/mol. The van der Waals surface area contributed by atoms with Crippen molar-refractivity contribution in [3.8, 4) is 11.5 Å². The maximum Gasteiger partial charge on any atom is 0.508 e. The quantitative estimate of drug-likeness (QED) is 0.329. The minimum Gasteiger partial charge on any atom is -0.461 e. The zero-order valence-electron chi connectivity index (χ0n) is 23.2. The standard InChI is InChI=1S/C27H41NO9/c1-9-33-25(32)35-17(2)16-34-24(31)19(28)12-18-10-11-20(36-22(29)14-26(3,4)5)21(13-18)37-23(30)15-27(6,7)8/h10-11,13,17,19H,9,12,14-16,28H2,1-8H3/t17-,19-/m0/s1. The highest BCUT2D eigenvalue weighted by molar-refractivity contribution is 5.78. The molecule has 0 fully saturated rings. The van der Waals surface area contributed by atoms with Gasteiger partial charge < -0.3 is 29.4 Å². The van der Waals surface area contributed by atoms with Crippen LogP contribution in [0, 0.1) is 10.8 Å². The van der Waals surface area contributed by atoms with Crippen LogP contribution in [0.2, 0.25) is 0 Å². The van der Waals surface area contributed by atoms with E-state index in [0.29, 0.717) is 5.56 Å². The predicted octanol–water partition coefficient (Wildman–Crippen LogP) is 4.34. The second kappa shape index (κ2) is 14.0. The summed E-state index contributed by atoms with van der Waals surface area (Å²) in [6.45, 7) is 14.6. The van der Waals surface area contributed by atoms with Gasteiger partial charge in [0.25, 0.3) is 0 Å². The Hall–Kier alpha value is -3.14. The van der Waals surface area contributed by atoms with Gasteiger partial charge >= 0.3 is 24.1 Å². The van der Waals surface area contributed by atoms with Gasteiger partial charge in [0.2, 0.25) is 0 Å². The number of carbonyl (C=O) groups is 4. The molecule has 1 aromatic carbocycles. The summed E-state index contributed by atoms with van der Waals surface area (Å²) in [6, 6.07) is 3.60. The lowest BCUT2D eigenvalue weighted by molar-refractivity contribution is -0.148. The maximum absolute atomic E-state index is 12.5. The fraction of sp³-hybridized carbons (Fsp3) is 0.630. The highest BCUT2D eigenvalue weighted by Gasteiger charge is 2.24. The highest BCUT2D eigenvalue weighted by atomic mass is 16.7. The molecular formula is C27H41NO9. The summed E-state index contributed by atoms with van der Waals surface area (Å²) in [4.78, 5) is 48.6. The van der Waals surface area contributed by atoms with Crippen molar-refractivity contribution in [3.63, 3.8) is 0 Å². The van der Waals surface area contributed by atoms with Gasteiger partial charge in [-0.25, -0.2) is 4.79 Å². The molecule has 10 heteroatoms. The number of carbonyl (C=O) groups excluding carboxylic acids is 4. The van der Waals surface area contributed by atoms with E-state index in [1.807, 2.05) is 41.5 Å². The highest BCUT2D eigenvalue weighted by Crippen LogP contribution is 2.32. The molecule has 0 saturated heterocycles. The number of hydrogen-bond donors (Lipinski definition) is 1. The SMILES string of the molecule is CCOC(=O)O[C@@H](C)COC(=O)[C@@H](N)Cc1ccc(OC(=O)CC(C)(C)C)c(OC(=O)CC(C)(C)C)c1. The van der Waals surface area contributed by atoms with E-state index in [4.69, 9.17) is 24.7 Å². The molecule has 37 heavy (non-hydrogen) atoms. The molecular weight excluding hydrogens is 482 g/mol. The topological polar surface area (TPSA) is 140 Å². The van der Waals surface area contributed by atoms with Crippen molar-refractivity contribution in [3.05, 3.63) is 23.8 Å². The van der Waals surface area contributed by atoms with Gasteiger partial charge in [0.05, 0.1) is 19.4 Å². The minimum absolute atomic E-state index is 0.0611. The Kier molecular flexibility index (Phi) is 12.0. The molecule has 0 heterocycles. The van der Waals surface area contributed by atoms with Crippen molar-refractivity contribution in [1.29, 1.82) is 0 Å². The van der Waals surface area contributed by atoms with E-state index in [1.54, 1.807) is 19.9 Å². The second-order valence-electron chi connectivity index (χ2n) is 11.3. The lowest BCUT2D eigenvalue weighted by Crippen LogP contribution is -2.36. The third-order valence-electron chi connectivity index (χ3n) is 4.58. The van der Waals surface area contributed by atoms with E-state index in [1.165, 1.54) is 12.1 Å². The summed E-state index contributed by atoms with van der Waals surface area (Å²) in [5.74, 6) is -1.50. The van der Waals surface area contributed by atoms with Gasteiger partial charge in [-0.15, -0.1) is 0 Å². The van der Waals surface area contributed by atoms with Gasteiger partial charge in [-0.3, -0.25) is 14.4 Å². The van der Waals surface area contributed by atoms with E-state index < -0.39 is 36.2 Å². The van der Waals surface area contributed by atoms with Crippen LogP contribution in [0.4, 0.5) is 4.79 Å². The predicted molar refractivity (Wildman–Crippen MR) is 136 cm³/mol. The summed E-state index contributed by atoms with van der Waals surface area (Å²) in [7, 11) is 0. The Morgan fingerprint density at radius 2 is 1.41 bits per heavy atom. The van der Waals surface area contributed by atoms with Crippen LogP contribution >= 0.6 is 0 Å². The number of hydrogen-bond acceptors (Lipinski definition) is 10. The molecule has 0 aliphatic rings. The Morgan fingerprint density at radius 1 is 0.865 bits per heavy atom. The smallest absolute Gasteiger partial charge is 0.461 e. The molecule has 1 rings (SSSR count). The first kappa shape index (κ1) is 31.9. The molecule has 0 radical (unpaired) electrons. The number of esters is 3. The van der Waals surface area contributed by atoms with Gasteiger partial charge in [0.1, 0.15) is 18.8 Å². The molecule has 0 saturated carbocycles. The second-order valence-corrected chi connectivity index (χ2v) is 11.3. The lowest BCUT2D eigenvalue weighted by Gasteiger charge is -2.20. The molecule has 0 bridgehead atoms.